The number of rotatable bonds is 6. The predicted octanol–water partition coefficient (Wildman–Crippen LogP) is 4.53. The first kappa shape index (κ1) is 22.0. The summed E-state index contributed by atoms with van der Waals surface area (Å²) in [5, 5.41) is 3.11. The second kappa shape index (κ2) is 10.8. The highest BCUT2D eigenvalue weighted by molar-refractivity contribution is 14.0. The standard InChI is InChI=1S/C20H25N3O2.HI/c1-4-25-19(24)16-10-8-15(9-11-16)13-22-20(21)23-18-7-5-6-17(12-18)14(2)3;/h5-12,14H,4,13H2,1-3H3,(H3,21,22,23);1H. The maximum Gasteiger partial charge on any atom is 0.338 e. The first-order valence-electron chi connectivity index (χ1n) is 8.42. The van der Waals surface area contributed by atoms with E-state index < -0.39 is 0 Å². The van der Waals surface area contributed by atoms with E-state index in [-0.39, 0.29) is 29.9 Å². The number of benzene rings is 2. The number of aliphatic imine (C=N–C) groups is 1. The summed E-state index contributed by atoms with van der Waals surface area (Å²) in [6.45, 7) is 6.89. The van der Waals surface area contributed by atoms with Crippen molar-refractivity contribution in [2.75, 3.05) is 11.9 Å². The van der Waals surface area contributed by atoms with Crippen LogP contribution in [-0.4, -0.2) is 18.5 Å². The SMILES string of the molecule is CCOC(=O)c1ccc(CN=C(N)Nc2cccc(C(C)C)c2)cc1.I. The van der Waals surface area contributed by atoms with Crippen molar-refractivity contribution in [2.24, 2.45) is 10.7 Å². The summed E-state index contributed by atoms with van der Waals surface area (Å²) < 4.78 is 4.96. The number of carbonyl (C=O) groups excluding carboxylic acids is 1. The highest BCUT2D eigenvalue weighted by Crippen LogP contribution is 2.18. The van der Waals surface area contributed by atoms with Crippen molar-refractivity contribution in [3.05, 3.63) is 65.2 Å². The molecule has 26 heavy (non-hydrogen) atoms. The maximum absolute atomic E-state index is 11.6. The Labute approximate surface area is 172 Å². The van der Waals surface area contributed by atoms with Gasteiger partial charge in [0.05, 0.1) is 18.7 Å². The Bertz CT molecular complexity index is 743. The molecule has 2 aromatic carbocycles. The van der Waals surface area contributed by atoms with Crippen LogP contribution in [0.25, 0.3) is 0 Å². The number of nitrogens with zero attached hydrogens (tertiary/aromatic N) is 1. The van der Waals surface area contributed by atoms with E-state index in [4.69, 9.17) is 10.5 Å². The largest absolute Gasteiger partial charge is 0.462 e. The Morgan fingerprint density at radius 2 is 1.88 bits per heavy atom. The summed E-state index contributed by atoms with van der Waals surface area (Å²) in [6, 6.07) is 15.3. The van der Waals surface area contributed by atoms with Gasteiger partial charge in [-0.05, 0) is 48.2 Å². The number of ether oxygens (including phenoxy) is 1. The highest BCUT2D eigenvalue weighted by atomic mass is 127. The van der Waals surface area contributed by atoms with E-state index in [0.717, 1.165) is 11.3 Å². The van der Waals surface area contributed by atoms with Gasteiger partial charge in [-0.15, -0.1) is 24.0 Å². The number of halogens is 1. The van der Waals surface area contributed by atoms with Crippen molar-refractivity contribution in [1.29, 1.82) is 0 Å². The zero-order valence-electron chi connectivity index (χ0n) is 15.4. The molecule has 5 nitrogen and oxygen atoms in total. The van der Waals surface area contributed by atoms with Crippen molar-refractivity contribution in [3.63, 3.8) is 0 Å². The van der Waals surface area contributed by atoms with E-state index >= 15 is 0 Å². The van der Waals surface area contributed by atoms with Crippen LogP contribution in [-0.2, 0) is 11.3 Å². The van der Waals surface area contributed by atoms with Crippen LogP contribution in [0.4, 0.5) is 5.69 Å². The lowest BCUT2D eigenvalue weighted by Gasteiger charge is -2.10. The van der Waals surface area contributed by atoms with Crippen molar-refractivity contribution >= 4 is 41.6 Å². The van der Waals surface area contributed by atoms with E-state index in [2.05, 4.69) is 36.3 Å². The van der Waals surface area contributed by atoms with Gasteiger partial charge in [0, 0.05) is 5.69 Å². The molecule has 0 atom stereocenters. The summed E-state index contributed by atoms with van der Waals surface area (Å²) in [5.74, 6) is 0.497. The number of esters is 1. The molecule has 2 rings (SSSR count). The third-order valence-corrected chi connectivity index (χ3v) is 3.72. The smallest absolute Gasteiger partial charge is 0.338 e. The number of hydrogen-bond donors (Lipinski definition) is 2. The number of carbonyl (C=O) groups is 1. The van der Waals surface area contributed by atoms with Gasteiger partial charge >= 0.3 is 5.97 Å². The molecule has 2 aromatic rings. The van der Waals surface area contributed by atoms with Crippen molar-refractivity contribution in [3.8, 4) is 0 Å². The van der Waals surface area contributed by atoms with Crippen molar-refractivity contribution in [1.82, 2.24) is 0 Å². The molecule has 0 heterocycles. The van der Waals surface area contributed by atoms with Gasteiger partial charge in [0.15, 0.2) is 5.96 Å². The van der Waals surface area contributed by atoms with E-state index in [1.807, 2.05) is 24.3 Å². The highest BCUT2D eigenvalue weighted by Gasteiger charge is 2.05. The third-order valence-electron chi connectivity index (χ3n) is 3.72. The van der Waals surface area contributed by atoms with Gasteiger partial charge in [-0.1, -0.05) is 38.1 Å². The van der Waals surface area contributed by atoms with Crippen LogP contribution in [0, 0.1) is 0 Å². The second-order valence-corrected chi connectivity index (χ2v) is 6.02. The second-order valence-electron chi connectivity index (χ2n) is 6.02. The molecule has 0 aromatic heterocycles. The van der Waals surface area contributed by atoms with Gasteiger partial charge in [0.1, 0.15) is 0 Å². The molecule has 6 heteroatoms. The molecule has 140 valence electrons. The molecular formula is C20H26IN3O2. The molecule has 0 unspecified atom stereocenters. The molecule has 0 aliphatic rings. The van der Waals surface area contributed by atoms with Gasteiger partial charge in [-0.3, -0.25) is 0 Å². The fraction of sp³-hybridized carbons (Fsp3) is 0.300. The third kappa shape index (κ3) is 6.67. The Hall–Kier alpha value is -2.09. The molecule has 0 saturated carbocycles. The monoisotopic (exact) mass is 467 g/mol. The summed E-state index contributed by atoms with van der Waals surface area (Å²) in [5.41, 5.74) is 9.63. The number of hydrogen-bond acceptors (Lipinski definition) is 3. The van der Waals surface area contributed by atoms with Gasteiger partial charge in [0.25, 0.3) is 0 Å². The van der Waals surface area contributed by atoms with Crippen LogP contribution >= 0.6 is 24.0 Å². The summed E-state index contributed by atoms with van der Waals surface area (Å²) >= 11 is 0. The summed E-state index contributed by atoms with van der Waals surface area (Å²) in [7, 11) is 0. The minimum atomic E-state index is -0.316. The minimum Gasteiger partial charge on any atom is -0.462 e. The van der Waals surface area contributed by atoms with Crippen LogP contribution in [0.3, 0.4) is 0 Å². The lowest BCUT2D eigenvalue weighted by atomic mass is 10.0. The molecular weight excluding hydrogens is 441 g/mol. The topological polar surface area (TPSA) is 76.7 Å². The summed E-state index contributed by atoms with van der Waals surface area (Å²) in [6.07, 6.45) is 0. The van der Waals surface area contributed by atoms with E-state index in [1.165, 1.54) is 5.56 Å². The Balaban J connectivity index is 0.00000338. The van der Waals surface area contributed by atoms with E-state index in [0.29, 0.717) is 30.6 Å². The zero-order valence-corrected chi connectivity index (χ0v) is 17.7. The van der Waals surface area contributed by atoms with Crippen LogP contribution in [0.2, 0.25) is 0 Å². The van der Waals surface area contributed by atoms with Gasteiger partial charge in [-0.25, -0.2) is 9.79 Å². The van der Waals surface area contributed by atoms with Crippen LogP contribution in [0.5, 0.6) is 0 Å². The van der Waals surface area contributed by atoms with Crippen molar-refractivity contribution in [2.45, 2.75) is 33.2 Å². The average Bonchev–Trinajstić information content (AvgIpc) is 2.61. The molecule has 0 bridgehead atoms. The van der Waals surface area contributed by atoms with Gasteiger partial charge in [0.2, 0.25) is 0 Å². The lowest BCUT2D eigenvalue weighted by Crippen LogP contribution is -2.22. The fourth-order valence-corrected chi connectivity index (χ4v) is 2.30. The molecule has 0 saturated heterocycles. The Morgan fingerprint density at radius 3 is 2.50 bits per heavy atom. The Kier molecular flexibility index (Phi) is 9.12. The molecule has 3 N–H and O–H groups in total. The van der Waals surface area contributed by atoms with Crippen molar-refractivity contribution < 1.29 is 9.53 Å². The first-order chi connectivity index (χ1) is 12.0. The average molecular weight is 467 g/mol. The Morgan fingerprint density at radius 1 is 1.19 bits per heavy atom. The number of anilines is 1. The quantitative estimate of drug-likeness (QED) is 0.283. The van der Waals surface area contributed by atoms with Gasteiger partial charge in [-0.2, -0.15) is 0 Å². The normalized spacial score (nSPS) is 11.0. The molecule has 0 amide bonds. The molecule has 0 aliphatic carbocycles. The van der Waals surface area contributed by atoms with Gasteiger partial charge < -0.3 is 15.8 Å². The van der Waals surface area contributed by atoms with Crippen LogP contribution < -0.4 is 11.1 Å². The number of guanidine groups is 1. The number of nitrogens with two attached hydrogens (primary N) is 1. The lowest BCUT2D eigenvalue weighted by molar-refractivity contribution is 0.0526. The molecule has 0 aliphatic heterocycles. The zero-order chi connectivity index (χ0) is 18.2. The predicted molar refractivity (Wildman–Crippen MR) is 117 cm³/mol. The molecule has 0 spiro atoms. The number of nitrogens with one attached hydrogen (secondary N) is 1. The molecule has 0 radical (unpaired) electrons. The maximum atomic E-state index is 11.6. The summed E-state index contributed by atoms with van der Waals surface area (Å²) in [4.78, 5) is 16.0. The van der Waals surface area contributed by atoms with E-state index in [1.54, 1.807) is 19.1 Å². The molecule has 0 fully saturated rings. The fourth-order valence-electron chi connectivity index (χ4n) is 2.30. The minimum absolute atomic E-state index is 0. The van der Waals surface area contributed by atoms with Crippen LogP contribution in [0.15, 0.2) is 53.5 Å². The first-order valence-corrected chi connectivity index (χ1v) is 8.42. The van der Waals surface area contributed by atoms with E-state index in [9.17, 15) is 4.79 Å². The van der Waals surface area contributed by atoms with Crippen LogP contribution in [0.1, 0.15) is 48.2 Å².